The van der Waals surface area contributed by atoms with Gasteiger partial charge in [0.1, 0.15) is 18.2 Å². The highest BCUT2D eigenvalue weighted by Crippen LogP contribution is 2.18. The van der Waals surface area contributed by atoms with Crippen molar-refractivity contribution in [2.75, 3.05) is 32.6 Å². The van der Waals surface area contributed by atoms with Gasteiger partial charge in [-0.2, -0.15) is 9.97 Å². The molecule has 13 nitrogen and oxygen atoms in total. The fraction of sp³-hybridized carbons (Fsp3) is 0.435. The molecule has 2 aromatic heterocycles. The summed E-state index contributed by atoms with van der Waals surface area (Å²) in [5.74, 6) is -0.857. The molecule has 0 amide bonds. The Morgan fingerprint density at radius 3 is 2.62 bits per heavy atom. The van der Waals surface area contributed by atoms with Gasteiger partial charge in [-0.1, -0.05) is 24.3 Å². The molecule has 0 saturated heterocycles. The van der Waals surface area contributed by atoms with Gasteiger partial charge in [-0.15, -0.1) is 0 Å². The van der Waals surface area contributed by atoms with Gasteiger partial charge in [0.2, 0.25) is 0 Å². The molecule has 1 atom stereocenters. The largest absolute Gasteiger partial charge is 0.480 e. The standard InChI is InChI=1S/C23H32N8O5S/c1-35-10-11-36-21-29-18(25)17-19(30-21)31(23(34)28-17)13-15-7-5-14(6-8-15)12-27-22(37)26-9-3-2-4-16(24)20(32)33/h5-8,16H,2-4,9-13,24H2,1H3,(H,28,34)(H,32,33)(H2,25,29,30)(H2,26,27,37). The van der Waals surface area contributed by atoms with Crippen LogP contribution < -0.4 is 32.5 Å². The maximum Gasteiger partial charge on any atom is 0.328 e. The summed E-state index contributed by atoms with van der Waals surface area (Å²) >= 11 is 5.29. The number of imidazole rings is 1. The van der Waals surface area contributed by atoms with Crippen LogP contribution in [-0.2, 0) is 22.6 Å². The van der Waals surface area contributed by atoms with Gasteiger partial charge in [-0.3, -0.25) is 9.36 Å². The summed E-state index contributed by atoms with van der Waals surface area (Å²) in [5.41, 5.74) is 13.7. The van der Waals surface area contributed by atoms with Crippen molar-refractivity contribution in [2.45, 2.75) is 38.4 Å². The van der Waals surface area contributed by atoms with Crippen LogP contribution in [0.4, 0.5) is 5.82 Å². The van der Waals surface area contributed by atoms with Crippen LogP contribution in [0.1, 0.15) is 30.4 Å². The van der Waals surface area contributed by atoms with Gasteiger partial charge in [0.25, 0.3) is 0 Å². The molecule has 0 saturated carbocycles. The molecule has 14 heteroatoms. The van der Waals surface area contributed by atoms with Crippen LogP contribution in [0.2, 0.25) is 0 Å². The number of benzene rings is 1. The van der Waals surface area contributed by atoms with Gasteiger partial charge in [-0.25, -0.2) is 4.79 Å². The number of aromatic amines is 1. The number of ether oxygens (including phenoxy) is 2. The molecular weight excluding hydrogens is 500 g/mol. The first kappa shape index (κ1) is 27.8. The second-order valence-electron chi connectivity index (χ2n) is 8.31. The number of H-pyrrole nitrogens is 1. The first-order valence-corrected chi connectivity index (χ1v) is 12.1. The van der Waals surface area contributed by atoms with E-state index in [-0.39, 0.29) is 30.7 Å². The molecular formula is C23H32N8O5S. The highest BCUT2D eigenvalue weighted by atomic mass is 32.1. The Morgan fingerprint density at radius 2 is 1.92 bits per heavy atom. The number of hydrogen-bond donors (Lipinski definition) is 6. The SMILES string of the molecule is COCCOc1nc(N)c2[nH]c(=O)n(Cc3ccc(CNC(=S)NCCCCC(N)C(=O)O)cc3)c2n1. The van der Waals surface area contributed by atoms with Crippen molar-refractivity contribution in [3.8, 4) is 6.01 Å². The van der Waals surface area contributed by atoms with Gasteiger partial charge in [0.05, 0.1) is 13.2 Å². The molecule has 2 heterocycles. The number of nitrogens with zero attached hydrogens (tertiary/aromatic N) is 3. The number of fused-ring (bicyclic) bond motifs is 1. The van der Waals surface area contributed by atoms with Gasteiger partial charge in [0, 0.05) is 20.2 Å². The first-order chi connectivity index (χ1) is 17.8. The molecule has 0 aliphatic heterocycles. The van der Waals surface area contributed by atoms with Gasteiger partial charge >= 0.3 is 17.7 Å². The molecule has 0 fully saturated rings. The van der Waals surface area contributed by atoms with Crippen LogP contribution in [0.3, 0.4) is 0 Å². The average molecular weight is 533 g/mol. The van der Waals surface area contributed by atoms with E-state index in [0.717, 1.165) is 17.5 Å². The zero-order chi connectivity index (χ0) is 26.8. The van der Waals surface area contributed by atoms with Crippen molar-refractivity contribution in [2.24, 2.45) is 5.73 Å². The van der Waals surface area contributed by atoms with Crippen LogP contribution in [0.15, 0.2) is 29.1 Å². The number of carbonyl (C=O) groups is 1. The van der Waals surface area contributed by atoms with Gasteiger partial charge in [-0.05, 0) is 42.6 Å². The quantitative estimate of drug-likeness (QED) is 0.123. The van der Waals surface area contributed by atoms with E-state index in [9.17, 15) is 9.59 Å². The second-order valence-corrected chi connectivity index (χ2v) is 8.72. The van der Waals surface area contributed by atoms with E-state index >= 15 is 0 Å². The van der Waals surface area contributed by atoms with Crippen LogP contribution >= 0.6 is 12.2 Å². The Balaban J connectivity index is 1.52. The topological polar surface area (TPSA) is 195 Å². The van der Waals surface area contributed by atoms with Gasteiger partial charge < -0.3 is 41.7 Å². The number of carboxylic acids is 1. The number of aromatic nitrogens is 4. The lowest BCUT2D eigenvalue weighted by atomic mass is 10.1. The molecule has 0 bridgehead atoms. The van der Waals surface area contributed by atoms with Gasteiger partial charge in [0.15, 0.2) is 16.6 Å². The van der Waals surface area contributed by atoms with Crippen LogP contribution in [0.25, 0.3) is 11.2 Å². The number of methoxy groups -OCH3 is 1. The third kappa shape index (κ3) is 8.13. The summed E-state index contributed by atoms with van der Waals surface area (Å²) in [4.78, 5) is 34.4. The lowest BCUT2D eigenvalue weighted by Crippen LogP contribution is -2.35. The number of anilines is 1. The summed E-state index contributed by atoms with van der Waals surface area (Å²) < 4.78 is 11.9. The molecule has 200 valence electrons. The van der Waals surface area contributed by atoms with E-state index in [1.807, 2.05) is 24.3 Å². The van der Waals surface area contributed by atoms with Crippen LogP contribution in [0, 0.1) is 0 Å². The third-order valence-electron chi connectivity index (χ3n) is 5.51. The summed E-state index contributed by atoms with van der Waals surface area (Å²) in [6.45, 7) is 2.06. The number of nitrogens with one attached hydrogen (secondary N) is 3. The number of nitrogen functional groups attached to an aromatic ring is 1. The Bertz CT molecular complexity index is 1260. The summed E-state index contributed by atoms with van der Waals surface area (Å²) in [6.07, 6.45) is 1.89. The van der Waals surface area contributed by atoms with Crippen molar-refractivity contribution in [1.29, 1.82) is 0 Å². The molecule has 8 N–H and O–H groups in total. The maximum absolute atomic E-state index is 12.6. The van der Waals surface area contributed by atoms with Crippen molar-refractivity contribution in [3.05, 3.63) is 45.9 Å². The zero-order valence-electron chi connectivity index (χ0n) is 20.5. The fourth-order valence-corrected chi connectivity index (χ4v) is 3.64. The fourth-order valence-electron chi connectivity index (χ4n) is 3.46. The molecule has 37 heavy (non-hydrogen) atoms. The number of carboxylic acid groups (broad SMARTS) is 1. The zero-order valence-corrected chi connectivity index (χ0v) is 21.3. The van der Waals surface area contributed by atoms with E-state index in [1.165, 1.54) is 4.57 Å². The number of unbranched alkanes of at least 4 members (excludes halogenated alkanes) is 1. The number of thiocarbonyl (C=S) groups is 1. The Morgan fingerprint density at radius 1 is 1.19 bits per heavy atom. The molecule has 0 aliphatic carbocycles. The van der Waals surface area contributed by atoms with Crippen LogP contribution in [0.5, 0.6) is 6.01 Å². The Kier molecular flexibility index (Phi) is 10.2. The number of rotatable bonds is 14. The van der Waals surface area contributed by atoms with Crippen molar-refractivity contribution < 1.29 is 19.4 Å². The predicted octanol–water partition coefficient (Wildman–Crippen LogP) is 0.322. The third-order valence-corrected chi connectivity index (χ3v) is 5.80. The molecule has 3 rings (SSSR count). The predicted molar refractivity (Wildman–Crippen MR) is 142 cm³/mol. The summed E-state index contributed by atoms with van der Waals surface area (Å²) in [7, 11) is 1.56. The van der Waals surface area contributed by atoms with E-state index in [4.69, 9.17) is 38.3 Å². The maximum atomic E-state index is 12.6. The lowest BCUT2D eigenvalue weighted by Gasteiger charge is -2.11. The van der Waals surface area contributed by atoms with E-state index in [1.54, 1.807) is 7.11 Å². The monoisotopic (exact) mass is 532 g/mol. The normalized spacial score (nSPS) is 11.8. The highest BCUT2D eigenvalue weighted by Gasteiger charge is 2.15. The lowest BCUT2D eigenvalue weighted by molar-refractivity contribution is -0.138. The first-order valence-electron chi connectivity index (χ1n) is 11.7. The van der Waals surface area contributed by atoms with Crippen molar-refractivity contribution >= 4 is 40.3 Å². The number of hydrogen-bond acceptors (Lipinski definition) is 9. The Hall–Kier alpha value is -3.75. The number of aliphatic carboxylic acids is 1. The van der Waals surface area contributed by atoms with Crippen LogP contribution in [-0.4, -0.2) is 68.6 Å². The second kappa shape index (κ2) is 13.5. The Labute approximate surface area is 218 Å². The average Bonchev–Trinajstić information content (AvgIpc) is 3.18. The van der Waals surface area contributed by atoms with E-state index < -0.39 is 12.0 Å². The molecule has 1 unspecified atom stereocenters. The molecule has 1 aromatic carbocycles. The molecule has 0 spiro atoms. The minimum atomic E-state index is -0.985. The molecule has 3 aromatic rings. The minimum Gasteiger partial charge on any atom is -0.480 e. The highest BCUT2D eigenvalue weighted by molar-refractivity contribution is 7.80. The minimum absolute atomic E-state index is 0.0737. The van der Waals surface area contributed by atoms with Crippen molar-refractivity contribution in [3.63, 3.8) is 0 Å². The van der Waals surface area contributed by atoms with E-state index in [2.05, 4.69) is 25.6 Å². The molecule has 0 aliphatic rings. The summed E-state index contributed by atoms with van der Waals surface area (Å²) in [5, 5.41) is 15.5. The van der Waals surface area contributed by atoms with Crippen molar-refractivity contribution in [1.82, 2.24) is 30.2 Å². The number of nitrogens with two attached hydrogens (primary N) is 2. The molecule has 0 radical (unpaired) electrons. The smallest absolute Gasteiger partial charge is 0.328 e. The summed E-state index contributed by atoms with van der Waals surface area (Å²) in [6, 6.07) is 6.98. The van der Waals surface area contributed by atoms with E-state index in [0.29, 0.717) is 48.8 Å².